The van der Waals surface area contributed by atoms with Gasteiger partial charge in [-0.3, -0.25) is 0 Å². The molecule has 3 aromatic carbocycles. The molecule has 33 heavy (non-hydrogen) atoms. The van der Waals surface area contributed by atoms with Gasteiger partial charge in [0.05, 0.1) is 23.7 Å². The first-order chi connectivity index (χ1) is 15.7. The molecule has 0 spiro atoms. The Hall–Kier alpha value is -3.04. The maximum Gasteiger partial charge on any atom is 0.315 e. The number of amides is 2. The van der Waals surface area contributed by atoms with Crippen molar-refractivity contribution in [2.45, 2.75) is 38.0 Å². The summed E-state index contributed by atoms with van der Waals surface area (Å²) in [4.78, 5) is 12.8. The van der Waals surface area contributed by atoms with Crippen molar-refractivity contribution in [3.05, 3.63) is 105 Å². The van der Waals surface area contributed by atoms with Gasteiger partial charge in [0.2, 0.25) is 0 Å². The number of hydrogen-bond acceptors (Lipinski definition) is 3. The van der Waals surface area contributed by atoms with E-state index in [-0.39, 0.29) is 12.5 Å². The molecule has 5 nitrogen and oxygen atoms in total. The maximum absolute atomic E-state index is 12.8. The molecule has 0 saturated heterocycles. The summed E-state index contributed by atoms with van der Waals surface area (Å²) in [6.07, 6.45) is 0.216. The van der Waals surface area contributed by atoms with Gasteiger partial charge in [-0.2, -0.15) is 5.26 Å². The number of nitrogens with one attached hydrogen (secondary N) is 2. The van der Waals surface area contributed by atoms with Crippen LogP contribution in [0.4, 0.5) is 4.79 Å². The summed E-state index contributed by atoms with van der Waals surface area (Å²) in [6, 6.07) is 21.9. The largest absolute Gasteiger partial charge is 0.383 e. The summed E-state index contributed by atoms with van der Waals surface area (Å²) < 4.78 is 0. The predicted octanol–water partition coefficient (Wildman–Crippen LogP) is 5.74. The summed E-state index contributed by atoms with van der Waals surface area (Å²) in [7, 11) is 0. The molecule has 0 aliphatic heterocycles. The SMILES string of the molecule is CC(NC(=O)N[C@@H](C)c1ccc(Cl)cc1)C(O)(Cc1ccc(Cl)cc1)c1cccc(C#N)c1. The van der Waals surface area contributed by atoms with Gasteiger partial charge in [0.15, 0.2) is 0 Å². The average molecular weight is 482 g/mol. The van der Waals surface area contributed by atoms with Crippen LogP contribution in [0, 0.1) is 11.3 Å². The zero-order chi connectivity index (χ0) is 24.0. The third-order valence-electron chi connectivity index (χ3n) is 5.66. The van der Waals surface area contributed by atoms with Crippen LogP contribution < -0.4 is 10.6 Å². The van der Waals surface area contributed by atoms with Crippen LogP contribution in [0.15, 0.2) is 72.8 Å². The number of benzene rings is 3. The first-order valence-corrected chi connectivity index (χ1v) is 11.3. The van der Waals surface area contributed by atoms with E-state index in [1.165, 1.54) is 0 Å². The Bertz CT molecular complexity index is 1140. The molecule has 0 bridgehead atoms. The van der Waals surface area contributed by atoms with Crippen LogP contribution >= 0.6 is 23.2 Å². The Balaban J connectivity index is 1.82. The number of aliphatic hydroxyl groups is 1. The van der Waals surface area contributed by atoms with Gasteiger partial charge in [-0.1, -0.05) is 59.6 Å². The number of carbonyl (C=O) groups is 1. The van der Waals surface area contributed by atoms with E-state index < -0.39 is 17.7 Å². The van der Waals surface area contributed by atoms with Crippen LogP contribution in [-0.4, -0.2) is 17.2 Å². The quantitative estimate of drug-likeness (QED) is 0.401. The van der Waals surface area contributed by atoms with Crippen LogP contribution in [0.25, 0.3) is 0 Å². The summed E-state index contributed by atoms with van der Waals surface area (Å²) in [6.45, 7) is 3.60. The van der Waals surface area contributed by atoms with Crippen molar-refractivity contribution in [2.75, 3.05) is 0 Å². The molecule has 0 fully saturated rings. The molecule has 0 saturated carbocycles. The van der Waals surface area contributed by atoms with Crippen LogP contribution in [-0.2, 0) is 12.0 Å². The van der Waals surface area contributed by atoms with Crippen molar-refractivity contribution >= 4 is 29.2 Å². The molecule has 3 aromatic rings. The zero-order valence-electron chi connectivity index (χ0n) is 18.3. The Labute approximate surface area is 204 Å². The molecule has 3 atom stereocenters. The molecule has 0 aromatic heterocycles. The number of urea groups is 1. The monoisotopic (exact) mass is 481 g/mol. The molecule has 0 aliphatic rings. The third-order valence-corrected chi connectivity index (χ3v) is 6.16. The number of nitrogens with zero attached hydrogens (tertiary/aromatic N) is 1. The highest BCUT2D eigenvalue weighted by Gasteiger charge is 2.37. The third kappa shape index (κ3) is 6.27. The van der Waals surface area contributed by atoms with Gasteiger partial charge in [0, 0.05) is 16.5 Å². The summed E-state index contributed by atoms with van der Waals surface area (Å²) in [5.74, 6) is 0. The lowest BCUT2D eigenvalue weighted by Crippen LogP contribution is -2.53. The van der Waals surface area contributed by atoms with E-state index in [4.69, 9.17) is 23.2 Å². The minimum absolute atomic E-state index is 0.216. The minimum Gasteiger partial charge on any atom is -0.383 e. The van der Waals surface area contributed by atoms with Gasteiger partial charge >= 0.3 is 6.03 Å². The van der Waals surface area contributed by atoms with E-state index in [0.717, 1.165) is 11.1 Å². The van der Waals surface area contributed by atoms with E-state index in [1.54, 1.807) is 55.5 Å². The van der Waals surface area contributed by atoms with E-state index in [1.807, 2.05) is 31.2 Å². The van der Waals surface area contributed by atoms with Gasteiger partial charge in [-0.15, -0.1) is 0 Å². The molecule has 0 heterocycles. The standard InChI is InChI=1S/C26H25Cl2N3O2/c1-17(21-8-12-24(28)13-9-21)30-25(32)31-18(2)26(33,15-19-6-10-23(27)11-7-19)22-5-3-4-20(14-22)16-29/h3-14,17-18,33H,15H2,1-2H3,(H2,30,31,32)/t17-,18?,26?/m0/s1. The van der Waals surface area contributed by atoms with Gasteiger partial charge in [-0.25, -0.2) is 4.79 Å². The van der Waals surface area contributed by atoms with Crippen molar-refractivity contribution in [1.29, 1.82) is 5.26 Å². The number of hydrogen-bond donors (Lipinski definition) is 3. The molecule has 2 unspecified atom stereocenters. The average Bonchev–Trinajstić information content (AvgIpc) is 2.80. The van der Waals surface area contributed by atoms with Crippen LogP contribution in [0.3, 0.4) is 0 Å². The number of carbonyl (C=O) groups excluding carboxylic acids is 1. The van der Waals surface area contributed by atoms with E-state index >= 15 is 0 Å². The van der Waals surface area contributed by atoms with Crippen molar-refractivity contribution in [2.24, 2.45) is 0 Å². The zero-order valence-corrected chi connectivity index (χ0v) is 19.9. The van der Waals surface area contributed by atoms with E-state index in [9.17, 15) is 15.2 Å². The van der Waals surface area contributed by atoms with Crippen molar-refractivity contribution in [3.8, 4) is 6.07 Å². The number of rotatable bonds is 7. The lowest BCUT2D eigenvalue weighted by molar-refractivity contribution is 0.00610. The molecule has 170 valence electrons. The smallest absolute Gasteiger partial charge is 0.315 e. The topological polar surface area (TPSA) is 85.2 Å². The summed E-state index contributed by atoms with van der Waals surface area (Å²) >= 11 is 11.9. The first kappa shape index (κ1) is 24.6. The van der Waals surface area contributed by atoms with Crippen molar-refractivity contribution in [1.82, 2.24) is 10.6 Å². The van der Waals surface area contributed by atoms with Crippen LogP contribution in [0.1, 0.15) is 42.1 Å². The molecular formula is C26H25Cl2N3O2. The van der Waals surface area contributed by atoms with Gasteiger partial charge in [0.1, 0.15) is 5.60 Å². The second kappa shape index (κ2) is 10.7. The fourth-order valence-electron chi connectivity index (χ4n) is 3.67. The molecule has 7 heteroatoms. The van der Waals surface area contributed by atoms with Crippen LogP contribution in [0.5, 0.6) is 0 Å². The number of halogens is 2. The van der Waals surface area contributed by atoms with Crippen molar-refractivity contribution in [3.63, 3.8) is 0 Å². The molecule has 0 aliphatic carbocycles. The second-order valence-corrected chi connectivity index (χ2v) is 8.91. The normalized spacial score (nSPS) is 14.4. The fraction of sp³-hybridized carbons (Fsp3) is 0.231. The van der Waals surface area contributed by atoms with E-state index in [2.05, 4.69) is 16.7 Å². The molecule has 3 rings (SSSR count). The van der Waals surface area contributed by atoms with Crippen LogP contribution in [0.2, 0.25) is 10.0 Å². The van der Waals surface area contributed by atoms with Gasteiger partial charge < -0.3 is 15.7 Å². The fourth-order valence-corrected chi connectivity index (χ4v) is 3.92. The maximum atomic E-state index is 12.8. The molecular weight excluding hydrogens is 457 g/mol. The lowest BCUT2D eigenvalue weighted by Gasteiger charge is -2.36. The van der Waals surface area contributed by atoms with Gasteiger partial charge in [0.25, 0.3) is 0 Å². The molecule has 3 N–H and O–H groups in total. The Morgan fingerprint density at radius 1 is 1.00 bits per heavy atom. The second-order valence-electron chi connectivity index (χ2n) is 8.03. The number of nitriles is 1. The highest BCUT2D eigenvalue weighted by Crippen LogP contribution is 2.31. The summed E-state index contributed by atoms with van der Waals surface area (Å²) in [5, 5.41) is 28.1. The first-order valence-electron chi connectivity index (χ1n) is 10.5. The van der Waals surface area contributed by atoms with Gasteiger partial charge in [-0.05, 0) is 66.9 Å². The molecule has 0 radical (unpaired) electrons. The highest BCUT2D eigenvalue weighted by molar-refractivity contribution is 6.30. The lowest BCUT2D eigenvalue weighted by atomic mass is 9.81. The predicted molar refractivity (Wildman–Crippen MR) is 131 cm³/mol. The minimum atomic E-state index is -1.47. The highest BCUT2D eigenvalue weighted by atomic mass is 35.5. The van der Waals surface area contributed by atoms with Crippen molar-refractivity contribution < 1.29 is 9.90 Å². The Morgan fingerprint density at radius 2 is 1.61 bits per heavy atom. The Kier molecular flexibility index (Phi) is 7.99. The summed E-state index contributed by atoms with van der Waals surface area (Å²) in [5.41, 5.74) is 1.24. The van der Waals surface area contributed by atoms with E-state index in [0.29, 0.717) is 21.2 Å². The Morgan fingerprint density at radius 3 is 2.21 bits per heavy atom. The molecule has 2 amide bonds.